The maximum atomic E-state index is 13.1. The fourth-order valence-corrected chi connectivity index (χ4v) is 3.39. The predicted molar refractivity (Wildman–Crippen MR) is 73.3 cm³/mol. The molecule has 1 aromatic carbocycles. The molecule has 1 fully saturated rings. The van der Waals surface area contributed by atoms with E-state index < -0.39 is 0 Å². The summed E-state index contributed by atoms with van der Waals surface area (Å²) in [6, 6.07) is 5.76. The fourth-order valence-electron chi connectivity index (χ4n) is 2.10. The third kappa shape index (κ3) is 3.60. The van der Waals surface area contributed by atoms with Crippen molar-refractivity contribution in [3.05, 3.63) is 34.6 Å². The van der Waals surface area contributed by atoms with Crippen LogP contribution in [0.2, 0.25) is 5.02 Å². The standard InChI is InChI=1S/C13H17ClFNS/c1-9(16-11-4-6-17-7-5-11)10-2-3-13(15)12(14)8-10/h2-3,8-9,11,16H,4-7H2,1H3. The van der Waals surface area contributed by atoms with Crippen LogP contribution in [0.25, 0.3) is 0 Å². The van der Waals surface area contributed by atoms with Crippen LogP contribution in [0.5, 0.6) is 0 Å². The molecule has 4 heteroatoms. The van der Waals surface area contributed by atoms with E-state index in [2.05, 4.69) is 12.2 Å². The Labute approximate surface area is 111 Å². The molecule has 1 aliphatic rings. The van der Waals surface area contributed by atoms with Crippen LogP contribution in [0.4, 0.5) is 4.39 Å². The summed E-state index contributed by atoms with van der Waals surface area (Å²) in [4.78, 5) is 0. The van der Waals surface area contributed by atoms with Gasteiger partial charge in [-0.05, 0) is 49.0 Å². The molecular formula is C13H17ClFNS. The van der Waals surface area contributed by atoms with Crippen molar-refractivity contribution in [3.63, 3.8) is 0 Å². The van der Waals surface area contributed by atoms with Crippen molar-refractivity contribution in [1.82, 2.24) is 5.32 Å². The van der Waals surface area contributed by atoms with Crippen LogP contribution in [-0.4, -0.2) is 17.5 Å². The molecule has 0 bridgehead atoms. The first-order valence-electron chi connectivity index (χ1n) is 5.95. The lowest BCUT2D eigenvalue weighted by molar-refractivity contribution is 0.431. The Morgan fingerprint density at radius 2 is 2.12 bits per heavy atom. The quantitative estimate of drug-likeness (QED) is 0.893. The SMILES string of the molecule is CC(NC1CCSCC1)c1ccc(F)c(Cl)c1. The van der Waals surface area contributed by atoms with Crippen molar-refractivity contribution in [3.8, 4) is 0 Å². The molecule has 1 unspecified atom stereocenters. The first-order chi connectivity index (χ1) is 8.16. The van der Waals surface area contributed by atoms with Gasteiger partial charge in [0.25, 0.3) is 0 Å². The van der Waals surface area contributed by atoms with Crippen LogP contribution in [0.3, 0.4) is 0 Å². The highest BCUT2D eigenvalue weighted by Crippen LogP contribution is 2.23. The molecule has 0 saturated carbocycles. The number of hydrogen-bond donors (Lipinski definition) is 1. The molecule has 1 saturated heterocycles. The van der Waals surface area contributed by atoms with Gasteiger partial charge >= 0.3 is 0 Å². The second-order valence-corrected chi connectivity index (χ2v) is 6.08. The summed E-state index contributed by atoms with van der Waals surface area (Å²) in [5.41, 5.74) is 1.05. The molecule has 0 aliphatic carbocycles. The van der Waals surface area contributed by atoms with Gasteiger partial charge in [0.15, 0.2) is 0 Å². The van der Waals surface area contributed by atoms with Crippen LogP contribution >= 0.6 is 23.4 Å². The van der Waals surface area contributed by atoms with Gasteiger partial charge in [-0.3, -0.25) is 0 Å². The van der Waals surface area contributed by atoms with E-state index in [0.29, 0.717) is 6.04 Å². The number of thioether (sulfide) groups is 1. The van der Waals surface area contributed by atoms with Crippen molar-refractivity contribution in [1.29, 1.82) is 0 Å². The Balaban J connectivity index is 1.98. The molecule has 2 rings (SSSR count). The Morgan fingerprint density at radius 3 is 2.76 bits per heavy atom. The lowest BCUT2D eigenvalue weighted by Crippen LogP contribution is -2.34. The van der Waals surface area contributed by atoms with Crippen molar-refractivity contribution in [2.45, 2.75) is 31.8 Å². The van der Waals surface area contributed by atoms with Crippen molar-refractivity contribution in [2.24, 2.45) is 0 Å². The molecule has 17 heavy (non-hydrogen) atoms. The van der Waals surface area contributed by atoms with Gasteiger partial charge in [0, 0.05) is 12.1 Å². The molecule has 1 nitrogen and oxygen atoms in total. The van der Waals surface area contributed by atoms with Crippen LogP contribution in [0.1, 0.15) is 31.4 Å². The Hall–Kier alpha value is -0.250. The van der Waals surface area contributed by atoms with E-state index in [4.69, 9.17) is 11.6 Å². The van der Waals surface area contributed by atoms with Gasteiger partial charge in [-0.2, -0.15) is 11.8 Å². The zero-order valence-electron chi connectivity index (χ0n) is 9.88. The molecule has 1 atom stereocenters. The number of nitrogens with one attached hydrogen (secondary N) is 1. The summed E-state index contributed by atoms with van der Waals surface area (Å²) in [7, 11) is 0. The molecule has 1 aromatic rings. The zero-order valence-corrected chi connectivity index (χ0v) is 11.5. The molecule has 1 heterocycles. The normalized spacial score (nSPS) is 19.2. The highest BCUT2D eigenvalue weighted by molar-refractivity contribution is 7.99. The van der Waals surface area contributed by atoms with Gasteiger partial charge in [0.1, 0.15) is 5.82 Å². The minimum Gasteiger partial charge on any atom is -0.307 e. The Bertz CT molecular complexity index is 380. The summed E-state index contributed by atoms with van der Waals surface area (Å²) in [5.74, 6) is 2.11. The van der Waals surface area contributed by atoms with E-state index in [9.17, 15) is 4.39 Å². The minimum atomic E-state index is -0.350. The monoisotopic (exact) mass is 273 g/mol. The van der Waals surface area contributed by atoms with Gasteiger partial charge in [0.2, 0.25) is 0 Å². The number of benzene rings is 1. The first-order valence-corrected chi connectivity index (χ1v) is 7.49. The minimum absolute atomic E-state index is 0.204. The van der Waals surface area contributed by atoms with E-state index in [1.807, 2.05) is 11.8 Å². The molecule has 0 aromatic heterocycles. The molecule has 94 valence electrons. The average Bonchev–Trinajstić information content (AvgIpc) is 2.34. The van der Waals surface area contributed by atoms with Crippen LogP contribution in [0, 0.1) is 5.82 Å². The highest BCUT2D eigenvalue weighted by atomic mass is 35.5. The zero-order chi connectivity index (χ0) is 12.3. The van der Waals surface area contributed by atoms with E-state index in [1.165, 1.54) is 30.4 Å². The van der Waals surface area contributed by atoms with Crippen LogP contribution < -0.4 is 5.32 Å². The third-order valence-electron chi connectivity index (χ3n) is 3.15. The molecule has 1 N–H and O–H groups in total. The first kappa shape index (κ1) is 13.2. The number of hydrogen-bond acceptors (Lipinski definition) is 2. The van der Waals surface area contributed by atoms with Crippen LogP contribution in [-0.2, 0) is 0 Å². The molecule has 1 aliphatic heterocycles. The second kappa shape index (κ2) is 6.07. The highest BCUT2D eigenvalue weighted by Gasteiger charge is 2.17. The lowest BCUT2D eigenvalue weighted by atomic mass is 10.1. The molecule has 0 radical (unpaired) electrons. The average molecular weight is 274 g/mol. The number of halogens is 2. The fraction of sp³-hybridized carbons (Fsp3) is 0.538. The predicted octanol–water partition coefficient (Wildman–Crippen LogP) is 4.03. The van der Waals surface area contributed by atoms with Gasteiger partial charge in [-0.15, -0.1) is 0 Å². The molecule has 0 spiro atoms. The Kier molecular flexibility index (Phi) is 4.71. The lowest BCUT2D eigenvalue weighted by Gasteiger charge is -2.26. The summed E-state index contributed by atoms with van der Waals surface area (Å²) < 4.78 is 13.1. The van der Waals surface area contributed by atoms with Crippen molar-refractivity contribution < 1.29 is 4.39 Å². The summed E-state index contributed by atoms with van der Waals surface area (Å²) in [6.07, 6.45) is 2.42. The van der Waals surface area contributed by atoms with E-state index >= 15 is 0 Å². The maximum Gasteiger partial charge on any atom is 0.141 e. The van der Waals surface area contributed by atoms with E-state index in [1.54, 1.807) is 12.1 Å². The van der Waals surface area contributed by atoms with Crippen molar-refractivity contribution >= 4 is 23.4 Å². The van der Waals surface area contributed by atoms with Crippen molar-refractivity contribution in [2.75, 3.05) is 11.5 Å². The molecular weight excluding hydrogens is 257 g/mol. The van der Waals surface area contributed by atoms with E-state index in [-0.39, 0.29) is 16.9 Å². The van der Waals surface area contributed by atoms with E-state index in [0.717, 1.165) is 5.56 Å². The summed E-state index contributed by atoms with van der Waals surface area (Å²) in [5, 5.41) is 3.79. The maximum absolute atomic E-state index is 13.1. The largest absolute Gasteiger partial charge is 0.307 e. The Morgan fingerprint density at radius 1 is 1.41 bits per heavy atom. The van der Waals surface area contributed by atoms with Gasteiger partial charge in [0.05, 0.1) is 5.02 Å². The summed E-state index contributed by atoms with van der Waals surface area (Å²) >= 11 is 7.81. The second-order valence-electron chi connectivity index (χ2n) is 4.45. The smallest absolute Gasteiger partial charge is 0.141 e. The third-order valence-corrected chi connectivity index (χ3v) is 4.49. The number of rotatable bonds is 3. The van der Waals surface area contributed by atoms with Gasteiger partial charge < -0.3 is 5.32 Å². The summed E-state index contributed by atoms with van der Waals surface area (Å²) in [6.45, 7) is 2.10. The van der Waals surface area contributed by atoms with Crippen LogP contribution in [0.15, 0.2) is 18.2 Å². The molecule has 0 amide bonds. The topological polar surface area (TPSA) is 12.0 Å². The van der Waals surface area contributed by atoms with Gasteiger partial charge in [-0.1, -0.05) is 17.7 Å². The van der Waals surface area contributed by atoms with Gasteiger partial charge in [-0.25, -0.2) is 4.39 Å².